The Morgan fingerprint density at radius 3 is 1.49 bits per heavy atom. The summed E-state index contributed by atoms with van der Waals surface area (Å²) in [7, 11) is 5.63. The molecule has 0 fully saturated rings. The molecular weight excluding hydrogens is 536 g/mol. The second-order valence-electron chi connectivity index (χ2n) is 10.2. The summed E-state index contributed by atoms with van der Waals surface area (Å²) in [6.07, 6.45) is 3.68. The molecule has 0 aliphatic rings. The number of nitrogens with zero attached hydrogens (tertiary/aromatic N) is 4. The van der Waals surface area contributed by atoms with Crippen molar-refractivity contribution in [3.05, 3.63) is 102 Å². The van der Waals surface area contributed by atoms with Crippen LogP contribution in [-0.4, -0.2) is 56.8 Å². The van der Waals surface area contributed by atoms with E-state index in [1.165, 1.54) is 0 Å². The number of benzene rings is 4. The summed E-state index contributed by atoms with van der Waals surface area (Å²) in [5.41, 5.74) is 5.07. The second-order valence-corrected chi connectivity index (χ2v) is 10.2. The Balaban J connectivity index is 0.000000236. The predicted molar refractivity (Wildman–Crippen MR) is 180 cm³/mol. The molecule has 0 atom stereocenters. The highest BCUT2D eigenvalue weighted by Gasteiger charge is 2.10. The van der Waals surface area contributed by atoms with E-state index in [0.29, 0.717) is 11.5 Å². The molecule has 7 heteroatoms. The van der Waals surface area contributed by atoms with Crippen molar-refractivity contribution in [3.63, 3.8) is 0 Å². The maximum Gasteiger partial charge on any atom is 0.169 e. The molecule has 0 amide bonds. The minimum atomic E-state index is 0.667. The number of ether oxygens (including phenoxy) is 3. The van der Waals surface area contributed by atoms with Crippen molar-refractivity contribution in [1.29, 1.82) is 0 Å². The van der Waals surface area contributed by atoms with E-state index < -0.39 is 0 Å². The van der Waals surface area contributed by atoms with Gasteiger partial charge >= 0.3 is 0 Å². The maximum absolute atomic E-state index is 5.93. The van der Waals surface area contributed by atoms with Crippen LogP contribution in [-0.2, 0) is 0 Å². The Kier molecular flexibility index (Phi) is 12.6. The molecule has 0 heterocycles. The van der Waals surface area contributed by atoms with Crippen LogP contribution in [0.5, 0.6) is 28.7 Å². The van der Waals surface area contributed by atoms with Crippen molar-refractivity contribution in [2.45, 2.75) is 34.6 Å². The maximum atomic E-state index is 5.93. The van der Waals surface area contributed by atoms with E-state index in [-0.39, 0.29) is 0 Å². The van der Waals surface area contributed by atoms with Gasteiger partial charge in [0.15, 0.2) is 11.5 Å². The van der Waals surface area contributed by atoms with Crippen molar-refractivity contribution < 1.29 is 14.2 Å². The van der Waals surface area contributed by atoms with Crippen molar-refractivity contribution in [1.82, 2.24) is 9.80 Å². The van der Waals surface area contributed by atoms with E-state index in [1.54, 1.807) is 7.11 Å². The molecule has 43 heavy (non-hydrogen) atoms. The first-order valence-corrected chi connectivity index (χ1v) is 14.5. The van der Waals surface area contributed by atoms with E-state index in [0.717, 1.165) is 58.4 Å². The fourth-order valence-electron chi connectivity index (χ4n) is 3.77. The Hall–Kier alpha value is -4.78. The average Bonchev–Trinajstić information content (AvgIpc) is 3.02. The third-order valence-electron chi connectivity index (χ3n) is 6.70. The van der Waals surface area contributed by atoms with Gasteiger partial charge in [0.05, 0.1) is 31.2 Å². The topological polar surface area (TPSA) is 58.9 Å². The largest absolute Gasteiger partial charge is 0.493 e. The van der Waals surface area contributed by atoms with Gasteiger partial charge in [0, 0.05) is 33.3 Å². The quantitative estimate of drug-likeness (QED) is 0.131. The van der Waals surface area contributed by atoms with Crippen LogP contribution >= 0.6 is 0 Å². The van der Waals surface area contributed by atoms with Gasteiger partial charge in [-0.1, -0.05) is 36.4 Å². The van der Waals surface area contributed by atoms with Crippen molar-refractivity contribution in [2.75, 3.05) is 34.3 Å². The second kappa shape index (κ2) is 16.6. The lowest BCUT2D eigenvalue weighted by molar-refractivity contribution is 0.379. The van der Waals surface area contributed by atoms with E-state index in [1.807, 2.05) is 129 Å². The van der Waals surface area contributed by atoms with E-state index in [2.05, 4.69) is 36.8 Å². The minimum absolute atomic E-state index is 0.667. The molecule has 0 saturated heterocycles. The van der Waals surface area contributed by atoms with Gasteiger partial charge in [-0.2, -0.15) is 0 Å². The fraction of sp³-hybridized carbons (Fsp3) is 0.278. The lowest BCUT2D eigenvalue weighted by Gasteiger charge is -2.13. The van der Waals surface area contributed by atoms with Crippen LogP contribution in [0.1, 0.15) is 30.5 Å². The standard InChI is InChI=1S/C18H22N2O2.C18H22N2O/c1-5-20(3)13-19-16-12-17(21-4)18(11-14(16)2)22-15-9-7-6-8-10-15;1-5-20(4)13-19-17-11-15(3)18(12-14(17)2)21-16-9-7-6-8-10-16/h6-13H,5H2,1-4H3;6-13H,5H2,1-4H3. The highest BCUT2D eigenvalue weighted by atomic mass is 16.5. The Labute approximate surface area is 257 Å². The summed E-state index contributed by atoms with van der Waals surface area (Å²) in [5.74, 6) is 3.86. The summed E-state index contributed by atoms with van der Waals surface area (Å²) < 4.78 is 17.3. The summed E-state index contributed by atoms with van der Waals surface area (Å²) in [6, 6.07) is 27.4. The van der Waals surface area contributed by atoms with Gasteiger partial charge in [-0.25, -0.2) is 9.98 Å². The molecule has 0 N–H and O–H groups in total. The molecule has 4 aromatic rings. The molecule has 4 rings (SSSR count). The third kappa shape index (κ3) is 10.2. The van der Waals surface area contributed by atoms with Gasteiger partial charge in [-0.15, -0.1) is 0 Å². The van der Waals surface area contributed by atoms with Crippen LogP contribution < -0.4 is 14.2 Å². The Morgan fingerprint density at radius 2 is 1.02 bits per heavy atom. The number of para-hydroxylation sites is 2. The van der Waals surface area contributed by atoms with Crippen LogP contribution in [0.4, 0.5) is 11.4 Å². The van der Waals surface area contributed by atoms with Crippen molar-refractivity contribution in [3.8, 4) is 28.7 Å². The number of hydrogen-bond donors (Lipinski definition) is 0. The number of aryl methyl sites for hydroxylation is 3. The number of rotatable bonds is 11. The van der Waals surface area contributed by atoms with Crippen LogP contribution in [0.3, 0.4) is 0 Å². The van der Waals surface area contributed by atoms with Gasteiger partial charge in [-0.05, 0) is 93.8 Å². The molecule has 0 saturated carbocycles. The molecule has 4 aromatic carbocycles. The molecule has 226 valence electrons. The zero-order valence-corrected chi connectivity index (χ0v) is 26.7. The molecule has 0 unspecified atom stereocenters. The van der Waals surface area contributed by atoms with Crippen molar-refractivity contribution in [2.24, 2.45) is 9.98 Å². The van der Waals surface area contributed by atoms with E-state index in [9.17, 15) is 0 Å². The van der Waals surface area contributed by atoms with Crippen LogP contribution in [0.25, 0.3) is 0 Å². The molecule has 0 bridgehead atoms. The van der Waals surface area contributed by atoms with Gasteiger partial charge < -0.3 is 24.0 Å². The van der Waals surface area contributed by atoms with Crippen LogP contribution in [0.15, 0.2) is 94.9 Å². The predicted octanol–water partition coefficient (Wildman–Crippen LogP) is 9.11. The van der Waals surface area contributed by atoms with Gasteiger partial charge in [-0.3, -0.25) is 0 Å². The van der Waals surface area contributed by atoms with Gasteiger partial charge in [0.25, 0.3) is 0 Å². The zero-order chi connectivity index (χ0) is 31.2. The molecular formula is C36H44N4O3. The lowest BCUT2D eigenvalue weighted by Crippen LogP contribution is -2.14. The first kappa shape index (κ1) is 32.7. The summed E-state index contributed by atoms with van der Waals surface area (Å²) in [5, 5.41) is 0. The SMILES string of the molecule is CCN(C)C=Nc1cc(C)c(Oc2ccccc2)cc1C.CCN(C)C=Nc1cc(OC)c(Oc2ccccc2)cc1C. The van der Waals surface area contributed by atoms with Crippen LogP contribution in [0, 0.1) is 20.8 Å². The third-order valence-corrected chi connectivity index (χ3v) is 6.70. The van der Waals surface area contributed by atoms with Crippen LogP contribution in [0.2, 0.25) is 0 Å². The number of methoxy groups -OCH3 is 1. The lowest BCUT2D eigenvalue weighted by atomic mass is 10.1. The first-order valence-electron chi connectivity index (χ1n) is 14.5. The summed E-state index contributed by atoms with van der Waals surface area (Å²) in [4.78, 5) is 13.1. The summed E-state index contributed by atoms with van der Waals surface area (Å²) in [6.45, 7) is 12.1. The zero-order valence-electron chi connectivity index (χ0n) is 26.7. The molecule has 0 radical (unpaired) electrons. The molecule has 0 aromatic heterocycles. The molecule has 7 nitrogen and oxygen atoms in total. The number of hydrogen-bond acceptors (Lipinski definition) is 5. The Bertz CT molecular complexity index is 1490. The minimum Gasteiger partial charge on any atom is -0.493 e. The molecule has 0 spiro atoms. The van der Waals surface area contributed by atoms with Gasteiger partial charge in [0.1, 0.15) is 17.2 Å². The van der Waals surface area contributed by atoms with E-state index >= 15 is 0 Å². The average molecular weight is 581 g/mol. The summed E-state index contributed by atoms with van der Waals surface area (Å²) >= 11 is 0. The van der Waals surface area contributed by atoms with E-state index in [4.69, 9.17) is 14.2 Å². The molecule has 0 aliphatic heterocycles. The highest BCUT2D eigenvalue weighted by Crippen LogP contribution is 2.37. The van der Waals surface area contributed by atoms with Crippen molar-refractivity contribution >= 4 is 24.1 Å². The van der Waals surface area contributed by atoms with Gasteiger partial charge in [0.2, 0.25) is 0 Å². The first-order chi connectivity index (χ1) is 20.7. The monoisotopic (exact) mass is 580 g/mol. The number of aliphatic imine (C=N–C) groups is 2. The normalized spacial score (nSPS) is 10.8. The molecule has 0 aliphatic carbocycles. The highest BCUT2D eigenvalue weighted by molar-refractivity contribution is 5.66. The Morgan fingerprint density at radius 1 is 0.581 bits per heavy atom. The smallest absolute Gasteiger partial charge is 0.169 e. The fourth-order valence-corrected chi connectivity index (χ4v) is 3.77.